The molecule has 0 radical (unpaired) electrons. The molecule has 1 fully saturated rings. The SMILES string of the molecule is O=C1C[C@H](C(=O)O)[C@H](c2cccc([N+](=O)[O-])c2)O1. The fourth-order valence-corrected chi connectivity index (χ4v) is 1.89. The third-order valence-corrected chi connectivity index (χ3v) is 2.74. The molecule has 18 heavy (non-hydrogen) atoms. The Labute approximate surface area is 101 Å². The summed E-state index contributed by atoms with van der Waals surface area (Å²) in [5.41, 5.74) is 0.155. The van der Waals surface area contributed by atoms with E-state index in [0.29, 0.717) is 5.56 Å². The Hall–Kier alpha value is -2.44. The van der Waals surface area contributed by atoms with Crippen molar-refractivity contribution >= 4 is 17.6 Å². The minimum Gasteiger partial charge on any atom is -0.481 e. The zero-order valence-corrected chi connectivity index (χ0v) is 9.11. The lowest BCUT2D eigenvalue weighted by Crippen LogP contribution is -2.17. The summed E-state index contributed by atoms with van der Waals surface area (Å²) in [6.07, 6.45) is -1.18. The second kappa shape index (κ2) is 4.44. The number of cyclic esters (lactones) is 1. The number of nitrogens with zero attached hydrogens (tertiary/aromatic N) is 1. The molecule has 0 saturated carbocycles. The van der Waals surface area contributed by atoms with Crippen LogP contribution in [-0.2, 0) is 14.3 Å². The van der Waals surface area contributed by atoms with Crippen molar-refractivity contribution in [2.75, 3.05) is 0 Å². The van der Waals surface area contributed by atoms with Gasteiger partial charge in [0, 0.05) is 17.7 Å². The Morgan fingerprint density at radius 2 is 2.22 bits per heavy atom. The number of hydrogen-bond acceptors (Lipinski definition) is 5. The summed E-state index contributed by atoms with van der Waals surface area (Å²) in [7, 11) is 0. The van der Waals surface area contributed by atoms with Gasteiger partial charge in [0.2, 0.25) is 0 Å². The minimum absolute atomic E-state index is 0.167. The van der Waals surface area contributed by atoms with Gasteiger partial charge in [0.15, 0.2) is 0 Å². The lowest BCUT2D eigenvalue weighted by Gasteiger charge is -2.13. The summed E-state index contributed by atoms with van der Waals surface area (Å²) in [6, 6.07) is 5.44. The summed E-state index contributed by atoms with van der Waals surface area (Å²) in [5.74, 6) is -2.77. The Kier molecular flexibility index (Phi) is 2.97. The van der Waals surface area contributed by atoms with E-state index in [0.717, 1.165) is 0 Å². The van der Waals surface area contributed by atoms with Gasteiger partial charge in [0.05, 0.1) is 11.3 Å². The number of carboxylic acids is 1. The summed E-state index contributed by atoms with van der Waals surface area (Å²) in [5, 5.41) is 19.6. The van der Waals surface area contributed by atoms with Gasteiger partial charge in [-0.3, -0.25) is 19.7 Å². The van der Waals surface area contributed by atoms with Gasteiger partial charge < -0.3 is 9.84 Å². The highest BCUT2D eigenvalue weighted by atomic mass is 16.6. The van der Waals surface area contributed by atoms with Crippen molar-refractivity contribution in [3.8, 4) is 0 Å². The number of non-ortho nitro benzene ring substituents is 1. The number of aliphatic carboxylic acids is 1. The average Bonchev–Trinajstić information content (AvgIpc) is 2.72. The maximum Gasteiger partial charge on any atom is 0.311 e. The fourth-order valence-electron chi connectivity index (χ4n) is 1.89. The summed E-state index contributed by atoms with van der Waals surface area (Å²) < 4.78 is 4.91. The molecule has 1 aliphatic rings. The first-order valence-electron chi connectivity index (χ1n) is 5.15. The van der Waals surface area contributed by atoms with E-state index in [1.807, 2.05) is 0 Å². The molecule has 0 aliphatic carbocycles. The van der Waals surface area contributed by atoms with Gasteiger partial charge >= 0.3 is 11.9 Å². The quantitative estimate of drug-likeness (QED) is 0.492. The van der Waals surface area contributed by atoms with Crippen LogP contribution in [0, 0.1) is 16.0 Å². The predicted molar refractivity (Wildman–Crippen MR) is 57.7 cm³/mol. The van der Waals surface area contributed by atoms with Gasteiger partial charge in [-0.1, -0.05) is 12.1 Å². The van der Waals surface area contributed by atoms with E-state index in [1.54, 1.807) is 0 Å². The molecule has 0 aromatic heterocycles. The van der Waals surface area contributed by atoms with Crippen LogP contribution in [0.2, 0.25) is 0 Å². The third-order valence-electron chi connectivity index (χ3n) is 2.74. The Morgan fingerprint density at radius 1 is 1.50 bits per heavy atom. The molecule has 1 heterocycles. The monoisotopic (exact) mass is 251 g/mol. The zero-order valence-electron chi connectivity index (χ0n) is 9.11. The van der Waals surface area contributed by atoms with Crippen LogP contribution in [0.3, 0.4) is 0 Å². The molecule has 1 aliphatic heterocycles. The van der Waals surface area contributed by atoms with E-state index in [-0.39, 0.29) is 12.1 Å². The molecule has 94 valence electrons. The van der Waals surface area contributed by atoms with E-state index in [4.69, 9.17) is 9.84 Å². The van der Waals surface area contributed by atoms with Gasteiger partial charge in [-0.05, 0) is 0 Å². The van der Waals surface area contributed by atoms with Gasteiger partial charge in [-0.2, -0.15) is 0 Å². The standard InChI is InChI=1S/C11H9NO6/c13-9-5-8(11(14)15)10(18-9)6-2-1-3-7(4-6)12(16)17/h1-4,8,10H,5H2,(H,14,15)/t8-,10-/m0/s1. The Balaban J connectivity index is 2.35. The van der Waals surface area contributed by atoms with Crippen LogP contribution in [0.25, 0.3) is 0 Å². The number of nitro groups is 1. The molecule has 1 aromatic carbocycles. The van der Waals surface area contributed by atoms with Crippen LogP contribution in [0.5, 0.6) is 0 Å². The highest BCUT2D eigenvalue weighted by Gasteiger charge is 2.41. The second-order valence-corrected chi connectivity index (χ2v) is 3.91. The van der Waals surface area contributed by atoms with E-state index in [1.165, 1.54) is 24.3 Å². The first-order chi connectivity index (χ1) is 8.49. The summed E-state index contributed by atoms with van der Waals surface area (Å²) >= 11 is 0. The number of carboxylic acid groups (broad SMARTS) is 1. The molecule has 1 saturated heterocycles. The van der Waals surface area contributed by atoms with Crippen LogP contribution in [-0.4, -0.2) is 22.0 Å². The van der Waals surface area contributed by atoms with Gasteiger partial charge in [-0.15, -0.1) is 0 Å². The van der Waals surface area contributed by atoms with Crippen LogP contribution >= 0.6 is 0 Å². The highest BCUT2D eigenvalue weighted by molar-refractivity contribution is 5.82. The zero-order chi connectivity index (χ0) is 13.3. The van der Waals surface area contributed by atoms with Crippen LogP contribution < -0.4 is 0 Å². The Morgan fingerprint density at radius 3 is 2.83 bits per heavy atom. The van der Waals surface area contributed by atoms with Gasteiger partial charge in [-0.25, -0.2) is 0 Å². The van der Waals surface area contributed by atoms with Crippen molar-refractivity contribution in [1.82, 2.24) is 0 Å². The number of hydrogen-bond donors (Lipinski definition) is 1. The summed E-state index contributed by atoms with van der Waals surface area (Å²) in [4.78, 5) is 32.2. The number of nitro benzene ring substituents is 1. The second-order valence-electron chi connectivity index (χ2n) is 3.91. The highest BCUT2D eigenvalue weighted by Crippen LogP contribution is 2.36. The molecule has 2 rings (SSSR count). The first kappa shape index (κ1) is 12.0. The number of ether oxygens (including phenoxy) is 1. The van der Waals surface area contributed by atoms with Gasteiger partial charge in [0.25, 0.3) is 5.69 Å². The van der Waals surface area contributed by atoms with Crippen molar-refractivity contribution < 1.29 is 24.4 Å². The first-order valence-corrected chi connectivity index (χ1v) is 5.15. The van der Waals surface area contributed by atoms with E-state index in [9.17, 15) is 19.7 Å². The fraction of sp³-hybridized carbons (Fsp3) is 0.273. The van der Waals surface area contributed by atoms with E-state index < -0.39 is 28.9 Å². The largest absolute Gasteiger partial charge is 0.481 e. The number of carbonyl (C=O) groups excluding carboxylic acids is 1. The molecule has 1 aromatic rings. The molecule has 0 unspecified atom stereocenters. The van der Waals surface area contributed by atoms with Crippen molar-refractivity contribution in [2.45, 2.75) is 12.5 Å². The molecule has 0 amide bonds. The van der Waals surface area contributed by atoms with Crippen molar-refractivity contribution in [1.29, 1.82) is 0 Å². The number of esters is 1. The third kappa shape index (κ3) is 2.15. The maximum atomic E-state index is 11.1. The van der Waals surface area contributed by atoms with E-state index >= 15 is 0 Å². The predicted octanol–water partition coefficient (Wildman–Crippen LogP) is 1.28. The van der Waals surface area contributed by atoms with Crippen molar-refractivity contribution in [2.24, 2.45) is 5.92 Å². The molecule has 7 heteroatoms. The molecule has 0 spiro atoms. The van der Waals surface area contributed by atoms with E-state index in [2.05, 4.69) is 0 Å². The number of carbonyl (C=O) groups is 2. The van der Waals surface area contributed by atoms with Crippen molar-refractivity contribution in [3.05, 3.63) is 39.9 Å². The maximum absolute atomic E-state index is 11.1. The molecule has 1 N–H and O–H groups in total. The summed E-state index contributed by atoms with van der Waals surface area (Å²) in [6.45, 7) is 0. The van der Waals surface area contributed by atoms with Crippen molar-refractivity contribution in [3.63, 3.8) is 0 Å². The number of benzene rings is 1. The van der Waals surface area contributed by atoms with Crippen LogP contribution in [0.4, 0.5) is 5.69 Å². The Bertz CT molecular complexity index is 526. The molecule has 7 nitrogen and oxygen atoms in total. The molecule has 2 atom stereocenters. The molecular formula is C11H9NO6. The molecular weight excluding hydrogens is 242 g/mol. The lowest BCUT2D eigenvalue weighted by atomic mass is 9.95. The normalized spacial score (nSPS) is 22.6. The minimum atomic E-state index is -1.16. The topological polar surface area (TPSA) is 107 Å². The van der Waals surface area contributed by atoms with Gasteiger partial charge in [0.1, 0.15) is 12.0 Å². The molecule has 0 bridgehead atoms. The lowest BCUT2D eigenvalue weighted by molar-refractivity contribution is -0.385. The average molecular weight is 251 g/mol. The smallest absolute Gasteiger partial charge is 0.311 e. The van der Waals surface area contributed by atoms with Crippen LogP contribution in [0.15, 0.2) is 24.3 Å². The number of rotatable bonds is 3. The van der Waals surface area contributed by atoms with Crippen LogP contribution in [0.1, 0.15) is 18.1 Å².